The van der Waals surface area contributed by atoms with E-state index in [1.165, 1.54) is 6.07 Å². The van der Waals surface area contributed by atoms with Gasteiger partial charge in [0, 0.05) is 6.42 Å². The second-order valence-corrected chi connectivity index (χ2v) is 6.88. The first kappa shape index (κ1) is 19.9. The molecule has 0 bridgehead atoms. The molecule has 0 spiro atoms. The first-order valence-corrected chi connectivity index (χ1v) is 7.85. The number of hydrogen-bond acceptors (Lipinski definition) is 4. The smallest absolute Gasteiger partial charge is 0.433 e. The number of alkyl halides is 4. The quantitative estimate of drug-likeness (QED) is 0.802. The summed E-state index contributed by atoms with van der Waals surface area (Å²) in [6.07, 6.45) is -7.24. The second-order valence-electron chi connectivity index (χ2n) is 6.88. The molecule has 0 unspecified atom stereocenters. The third-order valence-electron chi connectivity index (χ3n) is 3.47. The van der Waals surface area contributed by atoms with E-state index >= 15 is 0 Å². The molecule has 2 atom stereocenters. The predicted molar refractivity (Wildman–Crippen MR) is 84.1 cm³/mol. The largest absolute Gasteiger partial charge is 0.444 e. The van der Waals surface area contributed by atoms with E-state index < -0.39 is 41.7 Å². The molecule has 2 heterocycles. The highest BCUT2D eigenvalue weighted by atomic mass is 19.4. The Labute approximate surface area is 147 Å². The third-order valence-corrected chi connectivity index (χ3v) is 3.47. The zero-order valence-corrected chi connectivity index (χ0v) is 14.4. The number of rotatable bonds is 2. The molecule has 2 rings (SSSR count). The van der Waals surface area contributed by atoms with E-state index in [1.54, 1.807) is 20.8 Å². The van der Waals surface area contributed by atoms with Gasteiger partial charge < -0.3 is 10.1 Å². The fraction of sp³-hybridized carbons (Fsp3) is 0.562. The molecular formula is C16H19F4N3O3. The van der Waals surface area contributed by atoms with Gasteiger partial charge in [0.15, 0.2) is 0 Å². The van der Waals surface area contributed by atoms with Crippen LogP contribution in [0.25, 0.3) is 0 Å². The molecule has 1 fully saturated rings. The summed E-state index contributed by atoms with van der Waals surface area (Å²) in [6, 6.07) is 1.82. The molecule has 0 aliphatic carbocycles. The van der Waals surface area contributed by atoms with Gasteiger partial charge in [0.25, 0.3) is 0 Å². The van der Waals surface area contributed by atoms with Crippen molar-refractivity contribution in [3.8, 4) is 0 Å². The topological polar surface area (TPSA) is 71.5 Å². The Morgan fingerprint density at radius 1 is 1.27 bits per heavy atom. The van der Waals surface area contributed by atoms with Crippen molar-refractivity contribution in [3.05, 3.63) is 23.9 Å². The monoisotopic (exact) mass is 377 g/mol. The molecule has 0 aromatic carbocycles. The molecule has 1 aliphatic rings. The summed E-state index contributed by atoms with van der Waals surface area (Å²) in [6.45, 7) is 4.53. The van der Waals surface area contributed by atoms with Crippen molar-refractivity contribution in [1.29, 1.82) is 0 Å². The van der Waals surface area contributed by atoms with E-state index in [4.69, 9.17) is 4.74 Å². The Bertz CT molecular complexity index is 688. The third kappa shape index (κ3) is 5.06. The number of aromatic nitrogens is 1. The second kappa shape index (κ2) is 7.08. The molecule has 1 N–H and O–H groups in total. The Morgan fingerprint density at radius 2 is 1.92 bits per heavy atom. The van der Waals surface area contributed by atoms with Crippen LogP contribution in [0.4, 0.5) is 28.2 Å². The lowest BCUT2D eigenvalue weighted by atomic mass is 10.2. The fourth-order valence-corrected chi connectivity index (χ4v) is 2.43. The molecule has 10 heteroatoms. The molecule has 26 heavy (non-hydrogen) atoms. The van der Waals surface area contributed by atoms with E-state index in [-0.39, 0.29) is 18.8 Å². The van der Waals surface area contributed by atoms with Gasteiger partial charge in [-0.15, -0.1) is 0 Å². The first-order chi connectivity index (χ1) is 11.9. The maximum absolute atomic E-state index is 13.7. The van der Waals surface area contributed by atoms with Crippen LogP contribution >= 0.6 is 0 Å². The maximum atomic E-state index is 13.7. The van der Waals surface area contributed by atoms with E-state index in [1.807, 2.05) is 0 Å². The van der Waals surface area contributed by atoms with Gasteiger partial charge in [-0.25, -0.2) is 14.2 Å². The number of nitrogens with zero attached hydrogens (tertiary/aromatic N) is 2. The standard InChI is InChI=1S/C16H19F4N3O3/c1-15(2,3)26-14(25)23-8-9(17)7-10(23)13(24)22-12-6-4-5-11(21-12)16(18,19)20/h4-6,9-10H,7-8H2,1-3H3,(H,21,22,24)/t9-,10+/m1/s1. The van der Waals surface area contributed by atoms with Crippen LogP contribution < -0.4 is 5.32 Å². The van der Waals surface area contributed by atoms with Gasteiger partial charge >= 0.3 is 12.3 Å². The van der Waals surface area contributed by atoms with Crippen LogP contribution in [-0.4, -0.2) is 46.2 Å². The lowest BCUT2D eigenvalue weighted by Crippen LogP contribution is -2.45. The van der Waals surface area contributed by atoms with Gasteiger partial charge in [-0.05, 0) is 32.9 Å². The number of amides is 2. The number of ether oxygens (including phenoxy) is 1. The molecule has 1 aromatic heterocycles. The molecule has 2 amide bonds. The van der Waals surface area contributed by atoms with Crippen molar-refractivity contribution in [2.24, 2.45) is 0 Å². The Balaban J connectivity index is 2.13. The van der Waals surface area contributed by atoms with E-state index in [2.05, 4.69) is 10.3 Å². The molecule has 1 aliphatic heterocycles. The van der Waals surface area contributed by atoms with E-state index in [9.17, 15) is 27.2 Å². The average Bonchev–Trinajstić information content (AvgIpc) is 2.87. The zero-order chi connectivity index (χ0) is 19.7. The molecule has 0 radical (unpaired) electrons. The van der Waals surface area contributed by atoms with Gasteiger partial charge in [-0.2, -0.15) is 13.2 Å². The summed E-state index contributed by atoms with van der Waals surface area (Å²) in [4.78, 5) is 28.8. The molecule has 1 saturated heterocycles. The Hall–Kier alpha value is -2.39. The predicted octanol–water partition coefficient (Wildman–Crippen LogP) is 3.39. The summed E-state index contributed by atoms with van der Waals surface area (Å²) in [5.41, 5.74) is -2.01. The van der Waals surface area contributed by atoms with Gasteiger partial charge in [0.05, 0.1) is 6.54 Å². The summed E-state index contributed by atoms with van der Waals surface area (Å²) >= 11 is 0. The number of likely N-dealkylation sites (tertiary alicyclic amines) is 1. The van der Waals surface area contributed by atoms with Crippen molar-refractivity contribution in [3.63, 3.8) is 0 Å². The van der Waals surface area contributed by atoms with Crippen LogP contribution in [0.5, 0.6) is 0 Å². The zero-order valence-electron chi connectivity index (χ0n) is 14.4. The van der Waals surface area contributed by atoms with Gasteiger partial charge in [-0.3, -0.25) is 9.69 Å². The highest BCUT2D eigenvalue weighted by molar-refractivity contribution is 5.96. The average molecular weight is 377 g/mol. The van der Waals surface area contributed by atoms with Crippen molar-refractivity contribution < 1.29 is 31.9 Å². The molecule has 144 valence electrons. The highest BCUT2D eigenvalue weighted by Crippen LogP contribution is 2.29. The van der Waals surface area contributed by atoms with Crippen molar-refractivity contribution in [2.45, 2.75) is 51.2 Å². The lowest BCUT2D eigenvalue weighted by Gasteiger charge is -2.27. The van der Waals surface area contributed by atoms with Gasteiger partial charge in [-0.1, -0.05) is 6.07 Å². The van der Waals surface area contributed by atoms with Crippen molar-refractivity contribution in [1.82, 2.24) is 9.88 Å². The number of pyridine rings is 1. The maximum Gasteiger partial charge on any atom is 0.433 e. The molecule has 6 nitrogen and oxygen atoms in total. The van der Waals surface area contributed by atoms with Crippen LogP contribution in [0, 0.1) is 0 Å². The van der Waals surface area contributed by atoms with Crippen LogP contribution in [0.2, 0.25) is 0 Å². The first-order valence-electron chi connectivity index (χ1n) is 7.85. The Morgan fingerprint density at radius 3 is 2.50 bits per heavy atom. The molecule has 0 saturated carbocycles. The van der Waals surface area contributed by atoms with Crippen LogP contribution in [-0.2, 0) is 15.7 Å². The fourth-order valence-electron chi connectivity index (χ4n) is 2.43. The normalized spacial score (nSPS) is 20.8. The molecule has 1 aromatic rings. The van der Waals surface area contributed by atoms with E-state index in [0.717, 1.165) is 17.0 Å². The summed E-state index contributed by atoms with van der Waals surface area (Å²) in [5, 5.41) is 2.20. The van der Waals surface area contributed by atoms with E-state index in [0.29, 0.717) is 0 Å². The minimum absolute atomic E-state index is 0.274. The van der Waals surface area contributed by atoms with Crippen molar-refractivity contribution >= 4 is 17.8 Å². The lowest BCUT2D eigenvalue weighted by molar-refractivity contribution is -0.141. The SMILES string of the molecule is CC(C)(C)OC(=O)N1C[C@H](F)C[C@H]1C(=O)Nc1cccc(C(F)(F)F)n1. The van der Waals surface area contributed by atoms with Crippen LogP contribution in [0.1, 0.15) is 32.9 Å². The number of hydrogen-bond donors (Lipinski definition) is 1. The number of halogens is 4. The Kier molecular flexibility index (Phi) is 5.43. The summed E-state index contributed by atoms with van der Waals surface area (Å²) < 4.78 is 56.9. The number of nitrogens with one attached hydrogen (secondary N) is 1. The summed E-state index contributed by atoms with van der Waals surface area (Å²) in [7, 11) is 0. The van der Waals surface area contributed by atoms with Gasteiger partial charge in [0.2, 0.25) is 5.91 Å². The summed E-state index contributed by atoms with van der Waals surface area (Å²) in [5.74, 6) is -1.17. The van der Waals surface area contributed by atoms with Crippen LogP contribution in [0.15, 0.2) is 18.2 Å². The molecular weight excluding hydrogens is 358 g/mol. The van der Waals surface area contributed by atoms with Crippen LogP contribution in [0.3, 0.4) is 0 Å². The number of carbonyl (C=O) groups is 2. The minimum Gasteiger partial charge on any atom is -0.444 e. The number of carbonyl (C=O) groups excluding carboxylic acids is 2. The number of anilines is 1. The highest BCUT2D eigenvalue weighted by Gasteiger charge is 2.42. The van der Waals surface area contributed by atoms with Gasteiger partial charge in [0.1, 0.15) is 29.3 Å². The van der Waals surface area contributed by atoms with Crippen molar-refractivity contribution in [2.75, 3.05) is 11.9 Å². The minimum atomic E-state index is -4.67.